The number of nitrogens with zero attached hydrogens (tertiary/aromatic N) is 1. The molecule has 2 aromatic rings. The van der Waals surface area contributed by atoms with Crippen LogP contribution in [-0.2, 0) is 10.3 Å². The van der Waals surface area contributed by atoms with E-state index in [4.69, 9.17) is 0 Å². The number of hydrogen-bond donors (Lipinski definition) is 1. The van der Waals surface area contributed by atoms with Crippen molar-refractivity contribution in [2.75, 3.05) is 0 Å². The van der Waals surface area contributed by atoms with Gasteiger partial charge in [-0.1, -0.05) is 15.9 Å². The third kappa shape index (κ3) is 5.61. The normalized spacial score (nSPS) is 12.0. The molecule has 0 unspecified atom stereocenters. The first-order chi connectivity index (χ1) is 11.7. The summed E-state index contributed by atoms with van der Waals surface area (Å²) in [5.74, 6) is -0.363. The van der Waals surface area contributed by atoms with Gasteiger partial charge in [0, 0.05) is 27.2 Å². The summed E-state index contributed by atoms with van der Waals surface area (Å²) < 4.78 is 30.1. The number of benzene rings is 1. The van der Waals surface area contributed by atoms with Gasteiger partial charge in [-0.2, -0.15) is 8.78 Å². The molecule has 1 N–H and O–H groups in total. The first-order valence-corrected chi connectivity index (χ1v) is 9.02. The lowest BCUT2D eigenvalue weighted by Gasteiger charge is -2.22. The second-order valence-electron chi connectivity index (χ2n) is 5.80. The van der Waals surface area contributed by atoms with E-state index in [2.05, 4.69) is 31.0 Å². The summed E-state index contributed by atoms with van der Waals surface area (Å²) in [6.45, 7) is 2.65. The molecule has 1 amide bonds. The van der Waals surface area contributed by atoms with E-state index >= 15 is 0 Å². The Morgan fingerprint density at radius 3 is 2.76 bits per heavy atom. The van der Waals surface area contributed by atoms with Crippen LogP contribution in [0.3, 0.4) is 0 Å². The zero-order chi connectivity index (χ0) is 18.6. The van der Waals surface area contributed by atoms with Gasteiger partial charge in [0.15, 0.2) is 0 Å². The molecular weight excluding hydrogens is 414 g/mol. The van der Waals surface area contributed by atoms with Gasteiger partial charge in [-0.3, -0.25) is 4.79 Å². The quantitative estimate of drug-likeness (QED) is 0.664. The second-order valence-corrected chi connectivity index (χ2v) is 7.58. The number of amides is 1. The minimum absolute atomic E-state index is 0.00272. The number of alkyl halides is 2. The van der Waals surface area contributed by atoms with E-state index in [-0.39, 0.29) is 11.7 Å². The van der Waals surface area contributed by atoms with Crippen LogP contribution in [0.15, 0.2) is 34.1 Å². The Hall–Kier alpha value is -1.80. The molecule has 8 heteroatoms. The maximum Gasteiger partial charge on any atom is 0.387 e. The Labute approximate surface area is 157 Å². The van der Waals surface area contributed by atoms with Crippen molar-refractivity contribution in [1.82, 2.24) is 10.3 Å². The van der Waals surface area contributed by atoms with E-state index < -0.39 is 12.2 Å². The number of ether oxygens (including phenoxy) is 1. The number of thiazole rings is 1. The number of carbonyl (C=O) groups excluding carboxylic acids is 1. The van der Waals surface area contributed by atoms with Gasteiger partial charge in [-0.25, -0.2) is 4.98 Å². The fourth-order valence-electron chi connectivity index (χ4n) is 2.06. The molecule has 134 valence electrons. The zero-order valence-electron chi connectivity index (χ0n) is 13.8. The molecule has 4 nitrogen and oxygen atoms in total. The molecule has 0 fully saturated rings. The SMILES string of the molecule is Cc1csc(C(C)(C)NC(=O)/C=C/c2cc(Br)ccc2OC(F)F)n1. The standard InChI is InChI=1S/C17H17BrF2N2O2S/c1-10-9-25-15(21-10)17(2,3)22-14(23)7-4-11-8-12(18)5-6-13(11)24-16(19)20/h4-9,16H,1-3H3,(H,22,23)/b7-4+. The topological polar surface area (TPSA) is 51.2 Å². The first-order valence-electron chi connectivity index (χ1n) is 7.34. The first kappa shape index (κ1) is 19.5. The van der Waals surface area contributed by atoms with Crippen LogP contribution in [0.25, 0.3) is 6.08 Å². The summed E-state index contributed by atoms with van der Waals surface area (Å²) in [4.78, 5) is 16.6. The van der Waals surface area contributed by atoms with Crippen LogP contribution in [0, 0.1) is 6.92 Å². The zero-order valence-corrected chi connectivity index (χ0v) is 16.2. The van der Waals surface area contributed by atoms with Gasteiger partial charge in [0.05, 0.1) is 5.54 Å². The number of halogens is 3. The second kappa shape index (κ2) is 8.05. The van der Waals surface area contributed by atoms with Gasteiger partial charge in [0.1, 0.15) is 10.8 Å². The van der Waals surface area contributed by atoms with Crippen molar-refractivity contribution in [3.63, 3.8) is 0 Å². The molecule has 1 heterocycles. The number of carbonyl (C=O) groups is 1. The summed E-state index contributed by atoms with van der Waals surface area (Å²) in [6, 6.07) is 4.59. The van der Waals surface area contributed by atoms with Gasteiger partial charge >= 0.3 is 6.61 Å². The molecule has 0 atom stereocenters. The summed E-state index contributed by atoms with van der Waals surface area (Å²) >= 11 is 4.73. The maximum atomic E-state index is 12.5. The third-order valence-corrected chi connectivity index (χ3v) is 4.97. The van der Waals surface area contributed by atoms with Gasteiger partial charge in [0.2, 0.25) is 5.91 Å². The fraction of sp³-hybridized carbons (Fsp3) is 0.294. The van der Waals surface area contributed by atoms with E-state index in [1.54, 1.807) is 12.1 Å². The minimum Gasteiger partial charge on any atom is -0.434 e. The molecule has 0 spiro atoms. The average molecular weight is 431 g/mol. The summed E-state index contributed by atoms with van der Waals surface area (Å²) in [7, 11) is 0. The van der Waals surface area contributed by atoms with Crippen molar-refractivity contribution in [3.8, 4) is 5.75 Å². The van der Waals surface area contributed by atoms with Crippen molar-refractivity contribution in [2.24, 2.45) is 0 Å². The largest absolute Gasteiger partial charge is 0.434 e. The van der Waals surface area contributed by atoms with E-state index in [0.29, 0.717) is 10.0 Å². The maximum absolute atomic E-state index is 12.5. The van der Waals surface area contributed by atoms with E-state index in [0.717, 1.165) is 10.7 Å². The van der Waals surface area contributed by atoms with Crippen molar-refractivity contribution < 1.29 is 18.3 Å². The lowest BCUT2D eigenvalue weighted by Crippen LogP contribution is -2.40. The molecule has 0 saturated carbocycles. The monoisotopic (exact) mass is 430 g/mol. The smallest absolute Gasteiger partial charge is 0.387 e. The number of aryl methyl sites for hydroxylation is 1. The Morgan fingerprint density at radius 2 is 2.16 bits per heavy atom. The molecule has 0 bridgehead atoms. The van der Waals surface area contributed by atoms with Crippen molar-refractivity contribution in [1.29, 1.82) is 0 Å². The minimum atomic E-state index is -2.94. The highest BCUT2D eigenvalue weighted by molar-refractivity contribution is 9.10. The molecule has 1 aromatic carbocycles. The van der Waals surface area contributed by atoms with Gasteiger partial charge in [-0.15, -0.1) is 11.3 Å². The van der Waals surface area contributed by atoms with Crippen LogP contribution in [0.5, 0.6) is 5.75 Å². The lowest BCUT2D eigenvalue weighted by molar-refractivity contribution is -0.118. The number of nitrogens with one attached hydrogen (secondary N) is 1. The van der Waals surface area contributed by atoms with Crippen LogP contribution in [0.2, 0.25) is 0 Å². The summed E-state index contributed by atoms with van der Waals surface area (Å²) in [5, 5.41) is 5.55. The number of hydrogen-bond acceptors (Lipinski definition) is 4. The van der Waals surface area contributed by atoms with Crippen molar-refractivity contribution in [2.45, 2.75) is 32.9 Å². The Balaban J connectivity index is 2.13. The molecule has 1 aromatic heterocycles. The molecule has 2 rings (SSSR count). The van der Waals surface area contributed by atoms with E-state index in [9.17, 15) is 13.6 Å². The number of rotatable bonds is 6. The fourth-order valence-corrected chi connectivity index (χ4v) is 3.32. The molecule has 0 aliphatic heterocycles. The van der Waals surface area contributed by atoms with Crippen LogP contribution in [0.1, 0.15) is 30.1 Å². The van der Waals surface area contributed by atoms with Crippen molar-refractivity contribution in [3.05, 3.63) is 50.4 Å². The Morgan fingerprint density at radius 1 is 1.44 bits per heavy atom. The van der Waals surface area contributed by atoms with E-state index in [1.165, 1.54) is 29.6 Å². The van der Waals surface area contributed by atoms with Crippen LogP contribution in [-0.4, -0.2) is 17.5 Å². The summed E-state index contributed by atoms with van der Waals surface area (Å²) in [5.41, 5.74) is 0.619. The third-order valence-electron chi connectivity index (χ3n) is 3.19. The molecule has 0 saturated heterocycles. The van der Waals surface area contributed by atoms with Crippen LogP contribution >= 0.6 is 27.3 Å². The highest BCUT2D eigenvalue weighted by atomic mass is 79.9. The predicted octanol–water partition coefficient (Wildman–Crippen LogP) is 4.88. The summed E-state index contributed by atoms with van der Waals surface area (Å²) in [6.07, 6.45) is 2.71. The van der Waals surface area contributed by atoms with Crippen molar-refractivity contribution >= 4 is 39.2 Å². The Kier molecular flexibility index (Phi) is 6.29. The highest BCUT2D eigenvalue weighted by Gasteiger charge is 2.25. The molecular formula is C17H17BrF2N2O2S. The predicted molar refractivity (Wildman–Crippen MR) is 97.8 cm³/mol. The number of aromatic nitrogens is 1. The Bertz CT molecular complexity index is 791. The highest BCUT2D eigenvalue weighted by Crippen LogP contribution is 2.26. The molecule has 0 aliphatic rings. The molecule has 0 aliphatic carbocycles. The lowest BCUT2D eigenvalue weighted by atomic mass is 10.1. The van der Waals surface area contributed by atoms with E-state index in [1.807, 2.05) is 26.2 Å². The van der Waals surface area contributed by atoms with Gasteiger partial charge < -0.3 is 10.1 Å². The molecule has 0 radical (unpaired) electrons. The van der Waals surface area contributed by atoms with Crippen LogP contribution in [0.4, 0.5) is 8.78 Å². The van der Waals surface area contributed by atoms with Gasteiger partial charge in [0.25, 0.3) is 0 Å². The van der Waals surface area contributed by atoms with Gasteiger partial charge in [-0.05, 0) is 45.0 Å². The van der Waals surface area contributed by atoms with Crippen LogP contribution < -0.4 is 10.1 Å². The molecule has 25 heavy (non-hydrogen) atoms. The average Bonchev–Trinajstić information content (AvgIpc) is 2.94.